The van der Waals surface area contributed by atoms with Crippen LogP contribution in [0.15, 0.2) is 29.2 Å². The maximum absolute atomic E-state index is 11.9. The average Bonchev–Trinajstić information content (AvgIpc) is 2.85. The third-order valence-electron chi connectivity index (χ3n) is 3.70. The highest BCUT2D eigenvalue weighted by molar-refractivity contribution is 8.00. The number of rotatable bonds is 5. The van der Waals surface area contributed by atoms with E-state index in [4.69, 9.17) is 5.73 Å². The second-order valence-electron chi connectivity index (χ2n) is 5.20. The van der Waals surface area contributed by atoms with Crippen molar-refractivity contribution < 1.29 is 4.79 Å². The Morgan fingerprint density at radius 1 is 1.37 bits per heavy atom. The van der Waals surface area contributed by atoms with Crippen LogP contribution in [0, 0.1) is 12.8 Å². The van der Waals surface area contributed by atoms with Gasteiger partial charge >= 0.3 is 0 Å². The van der Waals surface area contributed by atoms with Crippen LogP contribution in [0.5, 0.6) is 0 Å². The Bertz CT molecular complexity index is 419. The molecule has 3 nitrogen and oxygen atoms in total. The average molecular weight is 278 g/mol. The van der Waals surface area contributed by atoms with Crippen molar-refractivity contribution >= 4 is 17.7 Å². The van der Waals surface area contributed by atoms with E-state index in [1.54, 1.807) is 11.8 Å². The SMILES string of the molecule is Cc1ccc(SCC(=O)NC2CCCC2CN)cc1. The van der Waals surface area contributed by atoms with Gasteiger partial charge in [0.2, 0.25) is 5.91 Å². The first-order valence-electron chi connectivity index (χ1n) is 6.88. The highest BCUT2D eigenvalue weighted by Crippen LogP contribution is 2.25. The van der Waals surface area contributed by atoms with Gasteiger partial charge in [-0.1, -0.05) is 24.1 Å². The number of benzene rings is 1. The van der Waals surface area contributed by atoms with E-state index in [-0.39, 0.29) is 11.9 Å². The molecule has 1 aliphatic carbocycles. The number of thioether (sulfide) groups is 1. The van der Waals surface area contributed by atoms with E-state index in [9.17, 15) is 4.79 Å². The van der Waals surface area contributed by atoms with Gasteiger partial charge in [0.15, 0.2) is 0 Å². The van der Waals surface area contributed by atoms with E-state index >= 15 is 0 Å². The first kappa shape index (κ1) is 14.4. The second kappa shape index (κ2) is 6.96. The van der Waals surface area contributed by atoms with Crippen molar-refractivity contribution in [3.63, 3.8) is 0 Å². The van der Waals surface area contributed by atoms with Crippen molar-refractivity contribution in [2.45, 2.75) is 37.1 Å². The topological polar surface area (TPSA) is 55.1 Å². The standard InChI is InChI=1S/C15H22N2OS/c1-11-5-7-13(8-6-11)19-10-15(18)17-14-4-2-3-12(14)9-16/h5-8,12,14H,2-4,9-10,16H2,1H3,(H,17,18). The van der Waals surface area contributed by atoms with Crippen LogP contribution in [-0.4, -0.2) is 24.2 Å². The van der Waals surface area contributed by atoms with Crippen LogP contribution in [0.1, 0.15) is 24.8 Å². The van der Waals surface area contributed by atoms with Crippen LogP contribution in [0.2, 0.25) is 0 Å². The fraction of sp³-hybridized carbons (Fsp3) is 0.533. The monoisotopic (exact) mass is 278 g/mol. The lowest BCUT2D eigenvalue weighted by Gasteiger charge is -2.19. The summed E-state index contributed by atoms with van der Waals surface area (Å²) in [6.45, 7) is 2.74. The van der Waals surface area contributed by atoms with Crippen LogP contribution in [0.3, 0.4) is 0 Å². The zero-order chi connectivity index (χ0) is 13.7. The number of hydrogen-bond acceptors (Lipinski definition) is 3. The van der Waals surface area contributed by atoms with E-state index in [0.29, 0.717) is 18.2 Å². The van der Waals surface area contributed by atoms with Crippen molar-refractivity contribution in [3.8, 4) is 0 Å². The van der Waals surface area contributed by atoms with Gasteiger partial charge < -0.3 is 11.1 Å². The molecule has 0 saturated heterocycles. The molecule has 4 heteroatoms. The molecule has 1 saturated carbocycles. The fourth-order valence-corrected chi connectivity index (χ4v) is 3.25. The second-order valence-corrected chi connectivity index (χ2v) is 6.25. The molecule has 2 unspecified atom stereocenters. The maximum Gasteiger partial charge on any atom is 0.230 e. The number of nitrogens with two attached hydrogens (primary N) is 1. The molecule has 3 N–H and O–H groups in total. The van der Waals surface area contributed by atoms with E-state index in [1.807, 2.05) is 0 Å². The summed E-state index contributed by atoms with van der Waals surface area (Å²) in [5, 5.41) is 3.12. The molecule has 2 rings (SSSR count). The van der Waals surface area contributed by atoms with Gasteiger partial charge in [0.05, 0.1) is 5.75 Å². The zero-order valence-electron chi connectivity index (χ0n) is 11.4. The summed E-state index contributed by atoms with van der Waals surface area (Å²) in [7, 11) is 0. The number of hydrogen-bond donors (Lipinski definition) is 2. The molecule has 2 atom stereocenters. The maximum atomic E-state index is 11.9. The van der Waals surface area contributed by atoms with E-state index in [0.717, 1.165) is 17.7 Å². The molecule has 1 fully saturated rings. The Kier molecular flexibility index (Phi) is 5.28. The van der Waals surface area contributed by atoms with Gasteiger partial charge in [-0.2, -0.15) is 0 Å². The molecule has 0 spiro atoms. The van der Waals surface area contributed by atoms with Crippen molar-refractivity contribution in [2.75, 3.05) is 12.3 Å². The minimum absolute atomic E-state index is 0.121. The molecule has 1 aliphatic rings. The fourth-order valence-electron chi connectivity index (χ4n) is 2.54. The largest absolute Gasteiger partial charge is 0.352 e. The minimum atomic E-state index is 0.121. The number of amides is 1. The Hall–Kier alpha value is -1.00. The van der Waals surface area contributed by atoms with Crippen LogP contribution in [-0.2, 0) is 4.79 Å². The van der Waals surface area contributed by atoms with Gasteiger partial charge in [-0.15, -0.1) is 11.8 Å². The summed E-state index contributed by atoms with van der Waals surface area (Å²) in [5.41, 5.74) is 6.96. The summed E-state index contributed by atoms with van der Waals surface area (Å²) in [5.74, 6) is 1.07. The predicted molar refractivity (Wildman–Crippen MR) is 80.2 cm³/mol. The highest BCUT2D eigenvalue weighted by Gasteiger charge is 2.27. The molecule has 104 valence electrons. The zero-order valence-corrected chi connectivity index (χ0v) is 12.2. The third-order valence-corrected chi connectivity index (χ3v) is 4.71. The molecule has 1 aromatic carbocycles. The molecule has 0 heterocycles. The number of nitrogens with one attached hydrogen (secondary N) is 1. The predicted octanol–water partition coefficient (Wildman–Crippen LogP) is 2.33. The molecular formula is C15H22N2OS. The normalized spacial score (nSPS) is 22.4. The van der Waals surface area contributed by atoms with Crippen molar-refractivity contribution in [1.82, 2.24) is 5.32 Å². The molecule has 0 radical (unpaired) electrons. The van der Waals surface area contributed by atoms with Gasteiger partial charge in [0.1, 0.15) is 0 Å². The van der Waals surface area contributed by atoms with Crippen molar-refractivity contribution in [2.24, 2.45) is 11.7 Å². The third kappa shape index (κ3) is 4.25. The lowest BCUT2D eigenvalue weighted by Crippen LogP contribution is -2.40. The van der Waals surface area contributed by atoms with E-state index < -0.39 is 0 Å². The van der Waals surface area contributed by atoms with Crippen LogP contribution >= 0.6 is 11.8 Å². The quantitative estimate of drug-likeness (QED) is 0.813. The Morgan fingerprint density at radius 2 is 2.11 bits per heavy atom. The lowest BCUT2D eigenvalue weighted by atomic mass is 10.0. The van der Waals surface area contributed by atoms with Gasteiger partial charge in [0.25, 0.3) is 0 Å². The van der Waals surface area contributed by atoms with Crippen molar-refractivity contribution in [3.05, 3.63) is 29.8 Å². The van der Waals surface area contributed by atoms with Crippen LogP contribution in [0.4, 0.5) is 0 Å². The highest BCUT2D eigenvalue weighted by atomic mass is 32.2. The van der Waals surface area contributed by atoms with Crippen molar-refractivity contribution in [1.29, 1.82) is 0 Å². The van der Waals surface area contributed by atoms with Gasteiger partial charge in [-0.25, -0.2) is 0 Å². The Labute approximate surface area is 119 Å². The Balaban J connectivity index is 1.77. The Morgan fingerprint density at radius 3 is 2.79 bits per heavy atom. The molecule has 19 heavy (non-hydrogen) atoms. The van der Waals surface area contributed by atoms with E-state index in [2.05, 4.69) is 36.5 Å². The smallest absolute Gasteiger partial charge is 0.230 e. The summed E-state index contributed by atoms with van der Waals surface area (Å²) in [6.07, 6.45) is 3.40. The lowest BCUT2D eigenvalue weighted by molar-refractivity contribution is -0.119. The first-order valence-corrected chi connectivity index (χ1v) is 7.86. The summed E-state index contributed by atoms with van der Waals surface area (Å²) in [6, 6.07) is 8.55. The van der Waals surface area contributed by atoms with E-state index in [1.165, 1.54) is 12.0 Å². The molecule has 1 amide bonds. The van der Waals surface area contributed by atoms with Gasteiger partial charge in [-0.3, -0.25) is 4.79 Å². The first-order chi connectivity index (χ1) is 9.19. The minimum Gasteiger partial charge on any atom is -0.352 e. The molecule has 0 aromatic heterocycles. The summed E-state index contributed by atoms with van der Waals surface area (Å²) < 4.78 is 0. The number of aryl methyl sites for hydroxylation is 1. The van der Waals surface area contributed by atoms with Crippen LogP contribution < -0.4 is 11.1 Å². The number of carbonyl (C=O) groups excluding carboxylic acids is 1. The van der Waals surface area contributed by atoms with Gasteiger partial charge in [0, 0.05) is 10.9 Å². The molecular weight excluding hydrogens is 256 g/mol. The number of carbonyl (C=O) groups is 1. The molecule has 1 aromatic rings. The summed E-state index contributed by atoms with van der Waals surface area (Å²) in [4.78, 5) is 13.1. The molecule has 0 bridgehead atoms. The van der Waals surface area contributed by atoms with Gasteiger partial charge in [-0.05, 0) is 44.4 Å². The van der Waals surface area contributed by atoms with Crippen LogP contribution in [0.25, 0.3) is 0 Å². The summed E-state index contributed by atoms with van der Waals surface area (Å²) >= 11 is 1.59. The molecule has 0 aliphatic heterocycles.